The van der Waals surface area contributed by atoms with E-state index >= 15 is 0 Å². The normalized spacial score (nSPS) is 16.8. The quantitative estimate of drug-likeness (QED) is 0.682. The monoisotopic (exact) mass is 446 g/mol. The first-order valence-corrected chi connectivity index (χ1v) is 9.16. The predicted molar refractivity (Wildman–Crippen MR) is 101 cm³/mol. The molecule has 1 aliphatic heterocycles. The number of nitrogens with one attached hydrogen (secondary N) is 1. The Balaban J connectivity index is 0.00000243. The summed E-state index contributed by atoms with van der Waals surface area (Å²) in [5.41, 5.74) is 0.806. The van der Waals surface area contributed by atoms with E-state index in [1.807, 2.05) is 12.1 Å². The van der Waals surface area contributed by atoms with E-state index in [1.165, 1.54) is 23.5 Å². The number of ether oxygens (including phenoxy) is 1. The summed E-state index contributed by atoms with van der Waals surface area (Å²) in [7, 11) is 0. The summed E-state index contributed by atoms with van der Waals surface area (Å²) in [5, 5.41) is 3.22. The fourth-order valence-electron chi connectivity index (χ4n) is 2.87. The van der Waals surface area contributed by atoms with Crippen LogP contribution in [-0.4, -0.2) is 37.4 Å². The SMILES string of the molecule is Cl.FC(F)(F)Oc1ccc([C@H](c2ccc(Cl)s2)N2CCNCC2)cc1Cl. The van der Waals surface area contributed by atoms with Gasteiger partial charge in [-0.25, -0.2) is 0 Å². The Morgan fingerprint density at radius 1 is 1.12 bits per heavy atom. The van der Waals surface area contributed by atoms with Gasteiger partial charge >= 0.3 is 6.36 Å². The largest absolute Gasteiger partial charge is 0.573 e. The summed E-state index contributed by atoms with van der Waals surface area (Å²) in [6, 6.07) is 8.05. The molecule has 0 amide bonds. The number of halogens is 6. The minimum absolute atomic E-state index is 0. The summed E-state index contributed by atoms with van der Waals surface area (Å²) in [4.78, 5) is 3.28. The van der Waals surface area contributed by atoms with E-state index in [9.17, 15) is 13.2 Å². The Morgan fingerprint density at radius 2 is 1.81 bits per heavy atom. The lowest BCUT2D eigenvalue weighted by Gasteiger charge is -2.35. The average Bonchev–Trinajstić information content (AvgIpc) is 2.96. The van der Waals surface area contributed by atoms with Crippen molar-refractivity contribution in [2.45, 2.75) is 12.4 Å². The molecular formula is C16H16Cl3F3N2OS. The predicted octanol–water partition coefficient (Wildman–Crippen LogP) is 5.37. The van der Waals surface area contributed by atoms with E-state index in [4.69, 9.17) is 23.2 Å². The number of thiophene rings is 1. The fraction of sp³-hybridized carbons (Fsp3) is 0.375. The molecule has 1 aromatic heterocycles. The smallest absolute Gasteiger partial charge is 0.404 e. The van der Waals surface area contributed by atoms with Crippen LogP contribution in [0.15, 0.2) is 30.3 Å². The zero-order valence-corrected chi connectivity index (χ0v) is 16.5. The summed E-state index contributed by atoms with van der Waals surface area (Å²) < 4.78 is 41.9. The molecule has 2 heterocycles. The third-order valence-corrected chi connectivity index (χ3v) is 5.46. The van der Waals surface area contributed by atoms with Gasteiger partial charge in [0, 0.05) is 31.1 Å². The van der Waals surface area contributed by atoms with Crippen LogP contribution in [0.25, 0.3) is 0 Å². The zero-order chi connectivity index (χ0) is 18.0. The highest BCUT2D eigenvalue weighted by molar-refractivity contribution is 7.16. The van der Waals surface area contributed by atoms with Gasteiger partial charge in [0.15, 0.2) is 0 Å². The van der Waals surface area contributed by atoms with Crippen molar-refractivity contribution in [3.63, 3.8) is 0 Å². The molecule has 0 unspecified atom stereocenters. The Bertz CT molecular complexity index is 736. The Hall–Kier alpha value is -0.700. The van der Waals surface area contributed by atoms with Crippen LogP contribution in [-0.2, 0) is 0 Å². The fourth-order valence-corrected chi connectivity index (χ4v) is 4.32. The van der Waals surface area contributed by atoms with Crippen LogP contribution in [0.5, 0.6) is 5.75 Å². The van der Waals surface area contributed by atoms with Gasteiger partial charge in [-0.3, -0.25) is 4.90 Å². The molecule has 0 radical (unpaired) electrons. The van der Waals surface area contributed by atoms with Crippen molar-refractivity contribution >= 4 is 46.9 Å². The van der Waals surface area contributed by atoms with Gasteiger partial charge in [-0.2, -0.15) is 0 Å². The summed E-state index contributed by atoms with van der Waals surface area (Å²) >= 11 is 13.6. The van der Waals surface area contributed by atoms with Crippen LogP contribution < -0.4 is 10.1 Å². The molecule has 0 aliphatic carbocycles. The van der Waals surface area contributed by atoms with E-state index in [2.05, 4.69) is 15.0 Å². The van der Waals surface area contributed by atoms with Crippen LogP contribution >= 0.6 is 46.9 Å². The topological polar surface area (TPSA) is 24.5 Å². The number of hydrogen-bond acceptors (Lipinski definition) is 4. The summed E-state index contributed by atoms with van der Waals surface area (Å²) in [6.45, 7) is 3.33. The maximum atomic E-state index is 12.4. The Labute approximate surface area is 169 Å². The van der Waals surface area contributed by atoms with Crippen LogP contribution in [0, 0.1) is 0 Å². The van der Waals surface area contributed by atoms with Gasteiger partial charge in [0.2, 0.25) is 0 Å². The lowest BCUT2D eigenvalue weighted by molar-refractivity contribution is -0.274. The molecule has 0 bridgehead atoms. The number of nitrogens with zero attached hydrogens (tertiary/aromatic N) is 1. The highest BCUT2D eigenvalue weighted by atomic mass is 35.5. The van der Waals surface area contributed by atoms with Gasteiger partial charge in [-0.15, -0.1) is 36.9 Å². The van der Waals surface area contributed by atoms with E-state index in [0.717, 1.165) is 36.6 Å². The van der Waals surface area contributed by atoms with Crippen molar-refractivity contribution in [3.05, 3.63) is 50.1 Å². The molecule has 26 heavy (non-hydrogen) atoms. The third kappa shape index (κ3) is 5.41. The average molecular weight is 448 g/mol. The molecule has 1 fully saturated rings. The number of rotatable bonds is 4. The zero-order valence-electron chi connectivity index (χ0n) is 13.4. The Morgan fingerprint density at radius 3 is 2.35 bits per heavy atom. The molecule has 3 nitrogen and oxygen atoms in total. The highest BCUT2D eigenvalue weighted by Crippen LogP contribution is 2.39. The van der Waals surface area contributed by atoms with E-state index in [0.29, 0.717) is 4.34 Å². The highest BCUT2D eigenvalue weighted by Gasteiger charge is 2.32. The standard InChI is InChI=1S/C16H15Cl2F3N2OS.ClH/c17-11-9-10(1-2-12(11)24-16(19,20)21)15(13-3-4-14(18)25-13)23-7-5-22-6-8-23;/h1-4,9,15,22H,5-8H2;1H/t15-;/m1./s1. The van der Waals surface area contributed by atoms with Crippen LogP contribution in [0.3, 0.4) is 0 Å². The van der Waals surface area contributed by atoms with Gasteiger partial charge in [0.05, 0.1) is 15.4 Å². The first kappa shape index (κ1) is 21.6. The number of benzene rings is 1. The number of hydrogen-bond donors (Lipinski definition) is 1. The second-order valence-corrected chi connectivity index (χ2v) is 7.72. The lowest BCUT2D eigenvalue weighted by Crippen LogP contribution is -2.45. The summed E-state index contributed by atoms with van der Waals surface area (Å²) in [5.74, 6) is -0.402. The molecule has 3 rings (SSSR count). The third-order valence-electron chi connectivity index (χ3n) is 3.88. The van der Waals surface area contributed by atoms with Gasteiger partial charge in [0.1, 0.15) is 5.75 Å². The van der Waals surface area contributed by atoms with E-state index < -0.39 is 12.1 Å². The van der Waals surface area contributed by atoms with Gasteiger partial charge in [0.25, 0.3) is 0 Å². The maximum Gasteiger partial charge on any atom is 0.573 e. The van der Waals surface area contributed by atoms with Crippen molar-refractivity contribution < 1.29 is 17.9 Å². The van der Waals surface area contributed by atoms with Crippen molar-refractivity contribution in [1.82, 2.24) is 10.2 Å². The number of piperazine rings is 1. The van der Waals surface area contributed by atoms with Gasteiger partial charge in [-0.1, -0.05) is 29.3 Å². The van der Waals surface area contributed by atoms with Crippen LogP contribution in [0.4, 0.5) is 13.2 Å². The molecule has 1 saturated heterocycles. The lowest BCUT2D eigenvalue weighted by atomic mass is 10.0. The van der Waals surface area contributed by atoms with Gasteiger partial charge in [-0.05, 0) is 29.8 Å². The molecule has 1 aliphatic rings. The molecule has 1 N–H and O–H groups in total. The van der Waals surface area contributed by atoms with E-state index in [-0.39, 0.29) is 23.5 Å². The Kier molecular flexibility index (Phi) is 7.47. The summed E-state index contributed by atoms with van der Waals surface area (Å²) in [6.07, 6.45) is -4.77. The molecule has 1 aromatic carbocycles. The molecule has 0 spiro atoms. The molecular weight excluding hydrogens is 432 g/mol. The van der Waals surface area contributed by atoms with Crippen molar-refractivity contribution in [1.29, 1.82) is 0 Å². The maximum absolute atomic E-state index is 12.4. The first-order chi connectivity index (χ1) is 11.8. The molecule has 0 saturated carbocycles. The number of alkyl halides is 3. The molecule has 2 aromatic rings. The molecule has 144 valence electrons. The molecule has 1 atom stereocenters. The minimum atomic E-state index is -4.77. The second-order valence-electron chi connectivity index (χ2n) is 5.57. The first-order valence-electron chi connectivity index (χ1n) is 7.59. The van der Waals surface area contributed by atoms with E-state index in [1.54, 1.807) is 6.07 Å². The van der Waals surface area contributed by atoms with Crippen LogP contribution in [0.1, 0.15) is 16.5 Å². The van der Waals surface area contributed by atoms with Gasteiger partial charge < -0.3 is 10.1 Å². The van der Waals surface area contributed by atoms with Crippen LogP contribution in [0.2, 0.25) is 9.36 Å². The molecule has 10 heteroatoms. The van der Waals surface area contributed by atoms with Crippen molar-refractivity contribution in [2.24, 2.45) is 0 Å². The second kappa shape index (κ2) is 8.99. The minimum Gasteiger partial charge on any atom is -0.404 e. The van der Waals surface area contributed by atoms with Crippen molar-refractivity contribution in [2.75, 3.05) is 26.2 Å². The van der Waals surface area contributed by atoms with Crippen molar-refractivity contribution in [3.8, 4) is 5.75 Å².